The van der Waals surface area contributed by atoms with E-state index in [-0.39, 0.29) is 12.5 Å². The number of halogens is 1. The number of amides is 1. The van der Waals surface area contributed by atoms with E-state index < -0.39 is 0 Å². The van der Waals surface area contributed by atoms with Crippen molar-refractivity contribution in [1.29, 1.82) is 0 Å². The number of carbonyl (C=O) groups is 1. The van der Waals surface area contributed by atoms with Crippen molar-refractivity contribution in [3.8, 4) is 11.5 Å². The summed E-state index contributed by atoms with van der Waals surface area (Å²) in [4.78, 5) is 16.7. The number of aromatic nitrogens is 1. The standard InChI is InChI=1S/C20H21BrN2O3S/c1-4-25-14-6-7-16-18(10-14)27-20(22-16)23-19(24)11-26-17-8-5-13(21)9-15(17)12(2)3/h5-10,12H,4,11H2,1-3H3,(H,22,23,24). The molecule has 0 unspecified atom stereocenters. The average Bonchev–Trinajstić information content (AvgIpc) is 3.02. The van der Waals surface area contributed by atoms with Gasteiger partial charge in [0, 0.05) is 4.47 Å². The first-order valence-electron chi connectivity index (χ1n) is 8.71. The third-order valence-electron chi connectivity index (χ3n) is 3.87. The predicted octanol–water partition coefficient (Wildman–Crippen LogP) is 5.60. The van der Waals surface area contributed by atoms with Crippen LogP contribution in [0.5, 0.6) is 11.5 Å². The number of nitrogens with one attached hydrogen (secondary N) is 1. The zero-order chi connectivity index (χ0) is 19.4. The van der Waals surface area contributed by atoms with Crippen LogP contribution in [0.2, 0.25) is 0 Å². The Bertz CT molecular complexity index is 956. The number of ether oxygens (including phenoxy) is 2. The maximum atomic E-state index is 12.3. The van der Waals surface area contributed by atoms with Crippen molar-refractivity contribution in [1.82, 2.24) is 4.98 Å². The third kappa shape index (κ3) is 4.99. The maximum absolute atomic E-state index is 12.3. The number of fused-ring (bicyclic) bond motifs is 1. The molecule has 0 atom stereocenters. The lowest BCUT2D eigenvalue weighted by Gasteiger charge is -2.14. The van der Waals surface area contributed by atoms with Crippen LogP contribution in [0.3, 0.4) is 0 Å². The molecule has 0 aliphatic carbocycles. The van der Waals surface area contributed by atoms with E-state index in [2.05, 4.69) is 40.1 Å². The second kappa shape index (κ2) is 8.71. The smallest absolute Gasteiger partial charge is 0.264 e. The van der Waals surface area contributed by atoms with E-state index in [4.69, 9.17) is 9.47 Å². The normalized spacial score (nSPS) is 11.0. The molecule has 0 bridgehead atoms. The molecular weight excluding hydrogens is 428 g/mol. The number of hydrogen-bond acceptors (Lipinski definition) is 5. The molecule has 0 spiro atoms. The Balaban J connectivity index is 1.65. The molecule has 142 valence electrons. The summed E-state index contributed by atoms with van der Waals surface area (Å²) in [6, 6.07) is 11.5. The van der Waals surface area contributed by atoms with Gasteiger partial charge in [0.05, 0.1) is 16.8 Å². The largest absolute Gasteiger partial charge is 0.494 e. The Morgan fingerprint density at radius 3 is 2.78 bits per heavy atom. The van der Waals surface area contributed by atoms with E-state index in [1.165, 1.54) is 11.3 Å². The quantitative estimate of drug-likeness (QED) is 0.510. The van der Waals surface area contributed by atoms with Crippen LogP contribution < -0.4 is 14.8 Å². The molecule has 0 saturated heterocycles. The molecule has 1 heterocycles. The van der Waals surface area contributed by atoms with Crippen LogP contribution in [-0.2, 0) is 4.79 Å². The molecule has 27 heavy (non-hydrogen) atoms. The van der Waals surface area contributed by atoms with Crippen LogP contribution in [0.15, 0.2) is 40.9 Å². The van der Waals surface area contributed by atoms with Crippen molar-refractivity contribution in [2.45, 2.75) is 26.7 Å². The SMILES string of the molecule is CCOc1ccc2nc(NC(=O)COc3ccc(Br)cc3C(C)C)sc2c1. The molecular formula is C20H21BrN2O3S. The van der Waals surface area contributed by atoms with Crippen molar-refractivity contribution in [3.63, 3.8) is 0 Å². The van der Waals surface area contributed by atoms with Crippen molar-refractivity contribution in [2.75, 3.05) is 18.5 Å². The Labute approximate surface area is 170 Å². The van der Waals surface area contributed by atoms with E-state index in [0.717, 1.165) is 26.0 Å². The Hall–Kier alpha value is -2.12. The number of nitrogens with zero attached hydrogens (tertiary/aromatic N) is 1. The van der Waals surface area contributed by atoms with Gasteiger partial charge < -0.3 is 9.47 Å². The predicted molar refractivity (Wildman–Crippen MR) is 113 cm³/mol. The first-order valence-corrected chi connectivity index (χ1v) is 10.3. The Morgan fingerprint density at radius 2 is 2.04 bits per heavy atom. The molecule has 1 N–H and O–H groups in total. The summed E-state index contributed by atoms with van der Waals surface area (Å²) in [5, 5.41) is 3.35. The molecule has 0 saturated carbocycles. The number of thiazole rings is 1. The van der Waals surface area contributed by atoms with E-state index in [0.29, 0.717) is 23.4 Å². The number of rotatable bonds is 7. The van der Waals surface area contributed by atoms with Crippen LogP contribution in [0, 0.1) is 0 Å². The molecule has 7 heteroatoms. The number of carbonyl (C=O) groups excluding carboxylic acids is 1. The van der Waals surface area contributed by atoms with Crippen molar-refractivity contribution >= 4 is 48.5 Å². The molecule has 0 aliphatic heterocycles. The second-order valence-electron chi connectivity index (χ2n) is 6.26. The number of anilines is 1. The van der Waals surface area contributed by atoms with Gasteiger partial charge in [0.25, 0.3) is 5.91 Å². The van der Waals surface area contributed by atoms with Gasteiger partial charge in [-0.2, -0.15) is 0 Å². The van der Waals surface area contributed by atoms with Crippen LogP contribution in [0.25, 0.3) is 10.2 Å². The van der Waals surface area contributed by atoms with Crippen LogP contribution >= 0.6 is 27.3 Å². The Morgan fingerprint density at radius 1 is 1.22 bits per heavy atom. The molecule has 2 aromatic carbocycles. The molecule has 1 amide bonds. The summed E-state index contributed by atoms with van der Waals surface area (Å²) in [6.45, 7) is 6.67. The zero-order valence-electron chi connectivity index (χ0n) is 15.4. The summed E-state index contributed by atoms with van der Waals surface area (Å²) >= 11 is 4.88. The highest BCUT2D eigenvalue weighted by atomic mass is 79.9. The summed E-state index contributed by atoms with van der Waals surface area (Å²) in [6.07, 6.45) is 0. The van der Waals surface area contributed by atoms with E-state index >= 15 is 0 Å². The summed E-state index contributed by atoms with van der Waals surface area (Å²) < 4.78 is 13.2. The maximum Gasteiger partial charge on any atom is 0.264 e. The van der Waals surface area contributed by atoms with Gasteiger partial charge in [-0.15, -0.1) is 0 Å². The van der Waals surface area contributed by atoms with Crippen molar-refractivity contribution in [2.24, 2.45) is 0 Å². The van der Waals surface area contributed by atoms with Gasteiger partial charge in [0.1, 0.15) is 11.5 Å². The lowest BCUT2D eigenvalue weighted by Crippen LogP contribution is -2.20. The fraction of sp³-hybridized carbons (Fsp3) is 0.300. The lowest BCUT2D eigenvalue weighted by atomic mass is 10.0. The van der Waals surface area contributed by atoms with Crippen LogP contribution in [-0.4, -0.2) is 24.1 Å². The van der Waals surface area contributed by atoms with Gasteiger partial charge in [-0.1, -0.05) is 41.1 Å². The minimum Gasteiger partial charge on any atom is -0.494 e. The third-order valence-corrected chi connectivity index (χ3v) is 5.30. The second-order valence-corrected chi connectivity index (χ2v) is 8.20. The van der Waals surface area contributed by atoms with E-state index in [1.807, 2.05) is 43.3 Å². The first kappa shape index (κ1) is 19.6. The average molecular weight is 449 g/mol. The minimum absolute atomic E-state index is 0.0680. The Kier molecular flexibility index (Phi) is 6.34. The first-order chi connectivity index (χ1) is 13.0. The highest BCUT2D eigenvalue weighted by molar-refractivity contribution is 9.10. The highest BCUT2D eigenvalue weighted by Gasteiger charge is 2.12. The van der Waals surface area contributed by atoms with Gasteiger partial charge in [0.2, 0.25) is 0 Å². The van der Waals surface area contributed by atoms with Gasteiger partial charge in [-0.05, 0) is 54.8 Å². The molecule has 5 nitrogen and oxygen atoms in total. The summed E-state index contributed by atoms with van der Waals surface area (Å²) in [5.74, 6) is 1.57. The van der Waals surface area contributed by atoms with Gasteiger partial charge >= 0.3 is 0 Å². The topological polar surface area (TPSA) is 60.5 Å². The molecule has 3 rings (SSSR count). The molecule has 1 aromatic heterocycles. The monoisotopic (exact) mass is 448 g/mol. The van der Waals surface area contributed by atoms with Crippen molar-refractivity contribution < 1.29 is 14.3 Å². The lowest BCUT2D eigenvalue weighted by molar-refractivity contribution is -0.118. The van der Waals surface area contributed by atoms with Gasteiger partial charge in [0.15, 0.2) is 11.7 Å². The van der Waals surface area contributed by atoms with Crippen molar-refractivity contribution in [3.05, 3.63) is 46.4 Å². The van der Waals surface area contributed by atoms with E-state index in [1.54, 1.807) is 0 Å². The minimum atomic E-state index is -0.239. The van der Waals surface area contributed by atoms with Crippen LogP contribution in [0.4, 0.5) is 5.13 Å². The summed E-state index contributed by atoms with van der Waals surface area (Å²) in [5.41, 5.74) is 1.88. The van der Waals surface area contributed by atoms with Crippen LogP contribution in [0.1, 0.15) is 32.3 Å². The molecule has 0 aliphatic rings. The van der Waals surface area contributed by atoms with E-state index in [9.17, 15) is 4.79 Å². The molecule has 0 fully saturated rings. The highest BCUT2D eigenvalue weighted by Crippen LogP contribution is 2.31. The zero-order valence-corrected chi connectivity index (χ0v) is 17.8. The van der Waals surface area contributed by atoms with Gasteiger partial charge in [-0.3, -0.25) is 10.1 Å². The number of benzene rings is 2. The summed E-state index contributed by atoms with van der Waals surface area (Å²) in [7, 11) is 0. The van der Waals surface area contributed by atoms with Gasteiger partial charge in [-0.25, -0.2) is 4.98 Å². The molecule has 0 radical (unpaired) electrons. The fourth-order valence-electron chi connectivity index (χ4n) is 2.62. The fourth-order valence-corrected chi connectivity index (χ4v) is 3.90. The molecule has 3 aromatic rings. The number of hydrogen-bond donors (Lipinski definition) is 1.